The lowest BCUT2D eigenvalue weighted by molar-refractivity contribution is 0.232. The first-order chi connectivity index (χ1) is 15.6. The van der Waals surface area contributed by atoms with Crippen LogP contribution in [0, 0.1) is 13.8 Å². The van der Waals surface area contributed by atoms with Gasteiger partial charge in [0.15, 0.2) is 5.75 Å². The highest BCUT2D eigenvalue weighted by Crippen LogP contribution is 2.53. The van der Waals surface area contributed by atoms with Gasteiger partial charge >= 0.3 is 10.3 Å². The number of rotatable bonds is 3. The van der Waals surface area contributed by atoms with Crippen molar-refractivity contribution in [1.29, 1.82) is 0 Å². The van der Waals surface area contributed by atoms with Crippen molar-refractivity contribution in [1.82, 2.24) is 4.31 Å². The van der Waals surface area contributed by atoms with E-state index in [1.165, 1.54) is 28.6 Å². The molecule has 0 saturated carbocycles. The molecule has 2 aliphatic rings. The highest BCUT2D eigenvalue weighted by atomic mass is 32.2. The predicted octanol–water partition coefficient (Wildman–Crippen LogP) is 4.38. The van der Waals surface area contributed by atoms with E-state index in [1.807, 2.05) is 19.9 Å². The smallest absolute Gasteiger partial charge is 0.370 e. The molecule has 3 aromatic rings. The molecule has 2 atom stereocenters. The van der Waals surface area contributed by atoms with Gasteiger partial charge in [0.05, 0.1) is 16.6 Å². The summed E-state index contributed by atoms with van der Waals surface area (Å²) < 4.78 is 62.4. The van der Waals surface area contributed by atoms with Gasteiger partial charge in [-0.3, -0.25) is 0 Å². The van der Waals surface area contributed by atoms with Crippen molar-refractivity contribution in [3.63, 3.8) is 0 Å². The van der Waals surface area contributed by atoms with Crippen LogP contribution < -0.4 is 8.49 Å². The van der Waals surface area contributed by atoms with Crippen LogP contribution in [0.25, 0.3) is 0 Å². The fourth-order valence-corrected chi connectivity index (χ4v) is 7.44. The van der Waals surface area contributed by atoms with E-state index in [-0.39, 0.29) is 10.6 Å². The third kappa shape index (κ3) is 3.26. The maximum Gasteiger partial charge on any atom is 0.388 e. The molecule has 0 amide bonds. The Bertz CT molecular complexity index is 1480. The fourth-order valence-electron chi connectivity index (χ4n) is 4.39. The van der Waals surface area contributed by atoms with Gasteiger partial charge in [-0.25, -0.2) is 12.7 Å². The summed E-state index contributed by atoms with van der Waals surface area (Å²) in [5.41, 5.74) is 3.11. The zero-order valence-electron chi connectivity index (χ0n) is 18.0. The van der Waals surface area contributed by atoms with Crippen molar-refractivity contribution in [3.05, 3.63) is 102 Å². The van der Waals surface area contributed by atoms with Gasteiger partial charge in [0.1, 0.15) is 6.17 Å². The van der Waals surface area contributed by atoms with Crippen molar-refractivity contribution < 1.29 is 21.0 Å². The minimum atomic E-state index is -4.34. The zero-order valence-corrected chi connectivity index (χ0v) is 19.7. The lowest BCUT2D eigenvalue weighted by Crippen LogP contribution is -2.55. The van der Waals surface area contributed by atoms with E-state index in [9.17, 15) is 16.8 Å². The Morgan fingerprint density at radius 2 is 1.61 bits per heavy atom. The summed E-state index contributed by atoms with van der Waals surface area (Å²) >= 11 is 0. The van der Waals surface area contributed by atoms with Crippen molar-refractivity contribution in [2.24, 2.45) is 0 Å². The first-order valence-electron chi connectivity index (χ1n) is 10.3. The van der Waals surface area contributed by atoms with E-state index in [1.54, 1.807) is 42.5 Å². The second-order valence-corrected chi connectivity index (χ2v) is 11.4. The quantitative estimate of drug-likeness (QED) is 0.518. The van der Waals surface area contributed by atoms with Gasteiger partial charge in [-0.2, -0.15) is 8.42 Å². The summed E-state index contributed by atoms with van der Waals surface area (Å²) in [6.07, 6.45) is 0.315. The third-order valence-corrected chi connectivity index (χ3v) is 9.05. The molecule has 0 radical (unpaired) electrons. The van der Waals surface area contributed by atoms with Crippen LogP contribution in [0.3, 0.4) is 0 Å². The maximum absolute atomic E-state index is 14.1. The molecule has 0 fully saturated rings. The summed E-state index contributed by atoms with van der Waals surface area (Å²) in [7, 11) is -8.50. The van der Waals surface area contributed by atoms with Gasteiger partial charge in [-0.1, -0.05) is 54.1 Å². The fraction of sp³-hybridized carbons (Fsp3) is 0.167. The SMILES string of the molecule is C=C[C@@H]1c2ccc(C)cc2N(S(=O)(=O)c2ccc(C)cc2)[C@H]2c3ccccc3OS(=O)(=O)N12. The van der Waals surface area contributed by atoms with Crippen LogP contribution >= 0.6 is 0 Å². The Balaban J connectivity index is 1.88. The molecule has 0 unspecified atom stereocenters. The molecule has 0 N–H and O–H groups in total. The molecule has 0 spiro atoms. The Hall–Kier alpha value is -3.14. The number of aryl methyl sites for hydroxylation is 2. The molecule has 33 heavy (non-hydrogen) atoms. The number of fused-ring (bicyclic) bond motifs is 4. The van der Waals surface area contributed by atoms with Gasteiger partial charge in [-0.15, -0.1) is 10.9 Å². The predicted molar refractivity (Wildman–Crippen MR) is 126 cm³/mol. The summed E-state index contributed by atoms with van der Waals surface area (Å²) in [6, 6.07) is 17.6. The van der Waals surface area contributed by atoms with Crippen LogP contribution in [0.2, 0.25) is 0 Å². The van der Waals surface area contributed by atoms with Crippen LogP contribution in [0.5, 0.6) is 5.75 Å². The van der Waals surface area contributed by atoms with Crippen molar-refractivity contribution >= 4 is 26.0 Å². The standard InChI is InChI=1S/C24H22N2O5S2/c1-4-21-19-14-11-17(3)15-22(19)25(32(27,28)18-12-9-16(2)10-13-18)24-20-7-5-6-8-23(20)31-33(29,30)26(21)24/h4-15,21,24H,1H2,2-3H3/t21-,24-/m1/s1. The lowest BCUT2D eigenvalue weighted by atomic mass is 9.97. The van der Waals surface area contributed by atoms with Crippen molar-refractivity contribution in [2.45, 2.75) is 31.0 Å². The van der Waals surface area contributed by atoms with Gasteiger partial charge in [0, 0.05) is 5.56 Å². The topological polar surface area (TPSA) is 84.0 Å². The Morgan fingerprint density at radius 1 is 0.939 bits per heavy atom. The van der Waals surface area contributed by atoms with E-state index in [0.717, 1.165) is 15.4 Å². The van der Waals surface area contributed by atoms with E-state index in [2.05, 4.69) is 6.58 Å². The average Bonchev–Trinajstić information content (AvgIpc) is 2.77. The molecular weight excluding hydrogens is 460 g/mol. The number of hydrogen-bond donors (Lipinski definition) is 0. The van der Waals surface area contributed by atoms with Gasteiger partial charge in [-0.05, 0) is 49.2 Å². The lowest BCUT2D eigenvalue weighted by Gasteiger charge is -2.48. The molecule has 2 aliphatic heterocycles. The molecule has 170 valence electrons. The number of para-hydroxylation sites is 1. The summed E-state index contributed by atoms with van der Waals surface area (Å²) in [5, 5.41) is 0. The summed E-state index contributed by atoms with van der Waals surface area (Å²) in [4.78, 5) is 0.0685. The maximum atomic E-state index is 14.1. The van der Waals surface area contributed by atoms with E-state index in [0.29, 0.717) is 16.8 Å². The minimum absolute atomic E-state index is 0.0685. The van der Waals surface area contributed by atoms with Crippen LogP contribution in [0.15, 0.2) is 84.3 Å². The molecule has 0 bridgehead atoms. The van der Waals surface area contributed by atoms with Crippen LogP contribution in [0.4, 0.5) is 5.69 Å². The first kappa shape index (κ1) is 21.7. The second kappa shape index (κ2) is 7.44. The Kier molecular flexibility index (Phi) is 4.89. The van der Waals surface area contributed by atoms with Gasteiger partial charge in [0.25, 0.3) is 10.0 Å². The molecule has 5 rings (SSSR count). The largest absolute Gasteiger partial charge is 0.388 e. The van der Waals surface area contributed by atoms with E-state index >= 15 is 0 Å². The van der Waals surface area contributed by atoms with Crippen LogP contribution in [-0.2, 0) is 20.3 Å². The second-order valence-electron chi connectivity index (χ2n) is 8.14. The zero-order chi connectivity index (χ0) is 23.5. The highest BCUT2D eigenvalue weighted by Gasteiger charge is 2.53. The molecular formula is C24H22N2O5S2. The number of hydrogen-bond acceptors (Lipinski definition) is 5. The summed E-state index contributed by atoms with van der Waals surface area (Å²) in [5.74, 6) is 0.0989. The third-order valence-electron chi connectivity index (χ3n) is 5.93. The molecule has 3 aromatic carbocycles. The summed E-state index contributed by atoms with van der Waals surface area (Å²) in [6.45, 7) is 7.57. The number of anilines is 1. The van der Waals surface area contributed by atoms with Crippen LogP contribution in [-0.4, -0.2) is 21.1 Å². The van der Waals surface area contributed by atoms with Gasteiger partial charge < -0.3 is 4.18 Å². The minimum Gasteiger partial charge on any atom is -0.370 e. The highest BCUT2D eigenvalue weighted by molar-refractivity contribution is 7.93. The monoisotopic (exact) mass is 482 g/mol. The Morgan fingerprint density at radius 3 is 2.30 bits per heavy atom. The van der Waals surface area contributed by atoms with Crippen LogP contribution in [0.1, 0.15) is 34.5 Å². The van der Waals surface area contributed by atoms with Gasteiger partial charge in [0.2, 0.25) is 0 Å². The molecule has 0 aliphatic carbocycles. The van der Waals surface area contributed by atoms with E-state index in [4.69, 9.17) is 4.18 Å². The molecule has 0 aromatic heterocycles. The number of nitrogens with zero attached hydrogens (tertiary/aromatic N) is 2. The normalized spacial score (nSPS) is 21.3. The number of benzene rings is 3. The first-order valence-corrected chi connectivity index (χ1v) is 13.1. The molecule has 9 heteroatoms. The van der Waals surface area contributed by atoms with Crippen molar-refractivity contribution in [3.8, 4) is 5.75 Å². The molecule has 0 saturated heterocycles. The average molecular weight is 483 g/mol. The van der Waals surface area contributed by atoms with E-state index < -0.39 is 32.5 Å². The van der Waals surface area contributed by atoms with Crippen molar-refractivity contribution in [2.75, 3.05) is 4.31 Å². The molecule has 7 nitrogen and oxygen atoms in total. The molecule has 2 heterocycles. The Labute approximate surface area is 193 Å². The number of sulfonamides is 1.